The van der Waals surface area contributed by atoms with Gasteiger partial charge in [0, 0.05) is 24.4 Å². The molecule has 3 heterocycles. The Balaban J connectivity index is 1.94. The topological polar surface area (TPSA) is 79.9 Å². The van der Waals surface area contributed by atoms with Crippen molar-refractivity contribution in [2.75, 3.05) is 13.1 Å². The van der Waals surface area contributed by atoms with Gasteiger partial charge in [-0.1, -0.05) is 11.6 Å². The van der Waals surface area contributed by atoms with Crippen LogP contribution in [0.4, 0.5) is 4.39 Å². The van der Waals surface area contributed by atoms with Crippen molar-refractivity contribution in [1.82, 2.24) is 20.3 Å². The predicted octanol–water partition coefficient (Wildman–Crippen LogP) is 1.76. The quantitative estimate of drug-likeness (QED) is 0.841. The van der Waals surface area contributed by atoms with Crippen LogP contribution in [0.2, 0.25) is 5.02 Å². The summed E-state index contributed by atoms with van der Waals surface area (Å²) in [6.07, 6.45) is 3.04. The molecule has 6 nitrogen and oxygen atoms in total. The highest BCUT2D eigenvalue weighted by Gasteiger charge is 2.19. The van der Waals surface area contributed by atoms with Gasteiger partial charge in [0.05, 0.1) is 0 Å². The van der Waals surface area contributed by atoms with E-state index in [0.29, 0.717) is 12.1 Å². The highest BCUT2D eigenvalue weighted by Crippen LogP contribution is 2.23. The maximum Gasteiger partial charge on any atom is 0.273 e. The minimum Gasteiger partial charge on any atom is -0.472 e. The van der Waals surface area contributed by atoms with Crippen LogP contribution in [-0.2, 0) is 0 Å². The Morgan fingerprint density at radius 3 is 3.05 bits per heavy atom. The predicted molar refractivity (Wildman–Crippen MR) is 79.6 cm³/mol. The molecule has 0 radical (unpaired) electrons. The average Bonchev–Trinajstić information content (AvgIpc) is 2.52. The van der Waals surface area contributed by atoms with Crippen molar-refractivity contribution in [2.24, 2.45) is 0 Å². The molecule has 0 spiro atoms. The van der Waals surface area contributed by atoms with Gasteiger partial charge in [-0.2, -0.15) is 9.37 Å². The van der Waals surface area contributed by atoms with Crippen molar-refractivity contribution < 1.29 is 9.13 Å². The molecule has 22 heavy (non-hydrogen) atoms. The summed E-state index contributed by atoms with van der Waals surface area (Å²) >= 11 is 5.97. The van der Waals surface area contributed by atoms with Crippen molar-refractivity contribution in [1.29, 1.82) is 0 Å². The number of piperidine rings is 1. The molecule has 0 saturated carbocycles. The highest BCUT2D eigenvalue weighted by molar-refractivity contribution is 6.31. The molecule has 8 heteroatoms. The third kappa shape index (κ3) is 3.26. The molecule has 3 rings (SSSR count). The van der Waals surface area contributed by atoms with E-state index in [2.05, 4.69) is 20.3 Å². The van der Waals surface area contributed by atoms with E-state index in [4.69, 9.17) is 16.3 Å². The minimum atomic E-state index is -0.658. The maximum absolute atomic E-state index is 13.2. The van der Waals surface area contributed by atoms with Crippen LogP contribution in [0.5, 0.6) is 5.88 Å². The summed E-state index contributed by atoms with van der Waals surface area (Å²) < 4.78 is 18.9. The summed E-state index contributed by atoms with van der Waals surface area (Å²) in [5, 5.41) is 3.10. The summed E-state index contributed by atoms with van der Waals surface area (Å²) in [7, 11) is 0. The number of ether oxygens (including phenoxy) is 1. The van der Waals surface area contributed by atoms with E-state index in [9.17, 15) is 9.18 Å². The highest BCUT2D eigenvalue weighted by atomic mass is 35.5. The summed E-state index contributed by atoms with van der Waals surface area (Å²) in [5.41, 5.74) is -0.129. The number of nitrogens with zero attached hydrogens (tertiary/aromatic N) is 2. The molecule has 1 atom stereocenters. The minimum absolute atomic E-state index is 0.0614. The van der Waals surface area contributed by atoms with Gasteiger partial charge in [0.15, 0.2) is 5.02 Å². The number of H-pyrrole nitrogens is 1. The Morgan fingerprint density at radius 2 is 2.32 bits per heavy atom. The smallest absolute Gasteiger partial charge is 0.273 e. The third-order valence-corrected chi connectivity index (χ3v) is 3.70. The lowest BCUT2D eigenvalue weighted by Gasteiger charge is -2.23. The summed E-state index contributed by atoms with van der Waals surface area (Å²) in [6, 6.07) is 2.72. The average molecular weight is 325 g/mol. The number of halogens is 2. The van der Waals surface area contributed by atoms with Gasteiger partial charge in [0.2, 0.25) is 11.8 Å². The molecule has 0 aromatic carbocycles. The van der Waals surface area contributed by atoms with Crippen LogP contribution in [0.3, 0.4) is 0 Å². The second-order valence-electron chi connectivity index (χ2n) is 4.99. The van der Waals surface area contributed by atoms with Gasteiger partial charge >= 0.3 is 0 Å². The van der Waals surface area contributed by atoms with Crippen LogP contribution >= 0.6 is 11.6 Å². The Bertz CT molecular complexity index is 731. The van der Waals surface area contributed by atoms with Crippen LogP contribution in [0, 0.1) is 5.95 Å². The molecule has 0 amide bonds. The number of hydrogen-bond acceptors (Lipinski definition) is 5. The molecule has 116 valence electrons. The van der Waals surface area contributed by atoms with E-state index in [1.54, 1.807) is 6.07 Å². The van der Waals surface area contributed by atoms with E-state index >= 15 is 0 Å². The fourth-order valence-electron chi connectivity index (χ4n) is 2.28. The normalized spacial score (nSPS) is 18.2. The summed E-state index contributed by atoms with van der Waals surface area (Å²) in [6.45, 7) is 1.61. The van der Waals surface area contributed by atoms with Gasteiger partial charge in [-0.25, -0.2) is 4.98 Å². The van der Waals surface area contributed by atoms with Crippen LogP contribution < -0.4 is 15.6 Å². The number of nitrogens with one attached hydrogen (secondary N) is 2. The fourth-order valence-corrected chi connectivity index (χ4v) is 2.42. The molecule has 2 aromatic heterocycles. The van der Waals surface area contributed by atoms with Crippen molar-refractivity contribution >= 4 is 11.6 Å². The van der Waals surface area contributed by atoms with Gasteiger partial charge in [0.1, 0.15) is 11.9 Å². The molecule has 2 N–H and O–H groups in total. The zero-order chi connectivity index (χ0) is 15.5. The van der Waals surface area contributed by atoms with E-state index in [-0.39, 0.29) is 22.8 Å². The van der Waals surface area contributed by atoms with Gasteiger partial charge in [-0.3, -0.25) is 4.79 Å². The molecule has 1 aliphatic heterocycles. The first-order chi connectivity index (χ1) is 10.6. The van der Waals surface area contributed by atoms with Crippen molar-refractivity contribution in [3.63, 3.8) is 0 Å². The van der Waals surface area contributed by atoms with Gasteiger partial charge in [-0.05, 0) is 25.5 Å². The number of hydrogen-bond donors (Lipinski definition) is 2. The monoisotopic (exact) mass is 324 g/mol. The molecule has 1 aliphatic rings. The first kappa shape index (κ1) is 14.9. The number of aromatic amines is 1. The zero-order valence-corrected chi connectivity index (χ0v) is 12.4. The molecule has 1 saturated heterocycles. The molecular weight excluding hydrogens is 311 g/mol. The Labute approximate surface area is 130 Å². The Hall–Kier alpha value is -1.99. The standard InChI is InChI=1S/C14H14ClFN4O2/c15-11-13(21)19-12(8-3-5-18-10(16)6-8)20-14(11)22-9-2-1-4-17-7-9/h3,5-6,9,17H,1-2,4,7H2,(H,19,20,21)/t9-/m1/s1. The molecule has 0 aliphatic carbocycles. The first-order valence-corrected chi connectivity index (χ1v) is 7.30. The Morgan fingerprint density at radius 1 is 1.45 bits per heavy atom. The molecule has 0 unspecified atom stereocenters. The lowest BCUT2D eigenvalue weighted by atomic mass is 10.1. The summed E-state index contributed by atoms with van der Waals surface area (Å²) in [5.74, 6) is -0.408. The SMILES string of the molecule is O=c1[nH]c(-c2ccnc(F)c2)nc(O[C@@H]2CCCNC2)c1Cl. The molecule has 1 fully saturated rings. The van der Waals surface area contributed by atoms with Gasteiger partial charge in [-0.15, -0.1) is 0 Å². The van der Waals surface area contributed by atoms with Crippen LogP contribution in [0.1, 0.15) is 12.8 Å². The zero-order valence-electron chi connectivity index (χ0n) is 11.6. The molecule has 0 bridgehead atoms. The van der Waals surface area contributed by atoms with Gasteiger partial charge in [0.25, 0.3) is 5.56 Å². The van der Waals surface area contributed by atoms with E-state index in [1.807, 2.05) is 0 Å². The van der Waals surface area contributed by atoms with Gasteiger partial charge < -0.3 is 15.0 Å². The lowest BCUT2D eigenvalue weighted by Crippen LogP contribution is -2.37. The van der Waals surface area contributed by atoms with Crippen molar-refractivity contribution in [3.05, 3.63) is 39.7 Å². The number of rotatable bonds is 3. The fraction of sp³-hybridized carbons (Fsp3) is 0.357. The van der Waals surface area contributed by atoms with Crippen LogP contribution in [0.15, 0.2) is 23.1 Å². The maximum atomic E-state index is 13.2. The third-order valence-electron chi connectivity index (χ3n) is 3.36. The van der Waals surface area contributed by atoms with Crippen LogP contribution in [-0.4, -0.2) is 34.1 Å². The van der Waals surface area contributed by atoms with E-state index < -0.39 is 11.5 Å². The van der Waals surface area contributed by atoms with Crippen molar-refractivity contribution in [2.45, 2.75) is 18.9 Å². The lowest BCUT2D eigenvalue weighted by molar-refractivity contribution is 0.160. The van der Waals surface area contributed by atoms with Crippen molar-refractivity contribution in [3.8, 4) is 17.3 Å². The van der Waals surface area contributed by atoms with Crippen LogP contribution in [0.25, 0.3) is 11.4 Å². The summed E-state index contributed by atoms with van der Waals surface area (Å²) in [4.78, 5) is 22.1. The number of aromatic nitrogens is 3. The second kappa shape index (κ2) is 6.41. The van der Waals surface area contributed by atoms with E-state index in [0.717, 1.165) is 19.4 Å². The first-order valence-electron chi connectivity index (χ1n) is 6.92. The molecule has 2 aromatic rings. The number of pyridine rings is 1. The van der Waals surface area contributed by atoms with E-state index in [1.165, 1.54) is 12.3 Å². The molecular formula is C14H14ClFN4O2. The second-order valence-corrected chi connectivity index (χ2v) is 5.37. The largest absolute Gasteiger partial charge is 0.472 e. The Kier molecular flexibility index (Phi) is 4.35.